The Hall–Kier alpha value is -0.850. The molecule has 0 aromatic rings. The Kier molecular flexibility index (Phi) is 10.1. The van der Waals surface area contributed by atoms with E-state index in [0.29, 0.717) is 19.4 Å². The van der Waals surface area contributed by atoms with Crippen molar-refractivity contribution in [2.45, 2.75) is 111 Å². The van der Waals surface area contributed by atoms with Crippen molar-refractivity contribution >= 4 is 6.16 Å². The largest absolute Gasteiger partial charge is 0.508 e. The SMILES string of the molecule is CC(C)OC(C)CC(C)(C)OCCC(C)(C)OC(=O)OCCC(C)(C)N. The lowest BCUT2D eigenvalue weighted by Crippen LogP contribution is -2.36. The first kappa shape index (κ1) is 25.1. The second-order valence-corrected chi connectivity index (χ2v) is 9.26. The quantitative estimate of drug-likeness (QED) is 0.508. The second kappa shape index (κ2) is 10.5. The van der Waals surface area contributed by atoms with Gasteiger partial charge < -0.3 is 24.7 Å². The molecule has 0 rings (SSSR count). The summed E-state index contributed by atoms with van der Waals surface area (Å²) in [7, 11) is 0. The van der Waals surface area contributed by atoms with Gasteiger partial charge in [-0.05, 0) is 68.7 Å². The van der Waals surface area contributed by atoms with Gasteiger partial charge in [0.1, 0.15) is 5.60 Å². The number of hydrogen-bond donors (Lipinski definition) is 1. The predicted octanol–water partition coefficient (Wildman–Crippen LogP) is 4.43. The summed E-state index contributed by atoms with van der Waals surface area (Å²) in [6, 6.07) is 0. The van der Waals surface area contributed by atoms with Crippen LogP contribution in [0.4, 0.5) is 4.79 Å². The van der Waals surface area contributed by atoms with Gasteiger partial charge in [-0.15, -0.1) is 0 Å². The first-order valence-corrected chi connectivity index (χ1v) is 9.56. The number of hydrogen-bond acceptors (Lipinski definition) is 6. The Balaban J connectivity index is 4.20. The van der Waals surface area contributed by atoms with E-state index in [1.807, 2.05) is 55.4 Å². The maximum absolute atomic E-state index is 11.8. The summed E-state index contributed by atoms with van der Waals surface area (Å²) in [6.45, 7) is 18.4. The van der Waals surface area contributed by atoms with Crippen LogP contribution >= 0.6 is 0 Å². The van der Waals surface area contributed by atoms with Crippen LogP contribution in [0, 0.1) is 0 Å². The highest BCUT2D eigenvalue weighted by atomic mass is 16.7. The van der Waals surface area contributed by atoms with Crippen LogP contribution in [0.3, 0.4) is 0 Å². The van der Waals surface area contributed by atoms with E-state index >= 15 is 0 Å². The summed E-state index contributed by atoms with van der Waals surface area (Å²) in [4.78, 5) is 11.8. The molecule has 0 aromatic carbocycles. The van der Waals surface area contributed by atoms with Gasteiger partial charge in [-0.2, -0.15) is 0 Å². The molecule has 0 aromatic heterocycles. The molecule has 0 amide bonds. The highest BCUT2D eigenvalue weighted by Gasteiger charge is 2.27. The molecule has 6 nitrogen and oxygen atoms in total. The summed E-state index contributed by atoms with van der Waals surface area (Å²) in [5.74, 6) is 0. The van der Waals surface area contributed by atoms with E-state index in [4.69, 9.17) is 24.7 Å². The number of carbonyl (C=O) groups is 1. The average Bonchev–Trinajstić information content (AvgIpc) is 2.33. The van der Waals surface area contributed by atoms with E-state index in [0.717, 1.165) is 6.42 Å². The monoisotopic (exact) mass is 375 g/mol. The molecule has 1 unspecified atom stereocenters. The summed E-state index contributed by atoms with van der Waals surface area (Å²) in [5, 5.41) is 0. The van der Waals surface area contributed by atoms with Crippen molar-refractivity contribution in [3.05, 3.63) is 0 Å². The fourth-order valence-electron chi connectivity index (χ4n) is 2.54. The third-order valence-electron chi connectivity index (χ3n) is 3.81. The van der Waals surface area contributed by atoms with Gasteiger partial charge in [-0.3, -0.25) is 0 Å². The molecule has 0 aliphatic rings. The summed E-state index contributed by atoms with van der Waals surface area (Å²) in [6.07, 6.45) is 1.60. The number of ether oxygens (including phenoxy) is 4. The summed E-state index contributed by atoms with van der Waals surface area (Å²) < 4.78 is 22.3. The van der Waals surface area contributed by atoms with E-state index in [1.165, 1.54) is 0 Å². The molecule has 0 bridgehead atoms. The van der Waals surface area contributed by atoms with Gasteiger partial charge in [0.2, 0.25) is 0 Å². The maximum atomic E-state index is 11.8. The molecule has 0 saturated carbocycles. The molecular formula is C20H41NO5. The maximum Gasteiger partial charge on any atom is 0.508 e. The number of carbonyl (C=O) groups excluding carboxylic acids is 1. The van der Waals surface area contributed by atoms with Gasteiger partial charge in [0.25, 0.3) is 0 Å². The van der Waals surface area contributed by atoms with E-state index < -0.39 is 11.8 Å². The molecule has 156 valence electrons. The van der Waals surface area contributed by atoms with Gasteiger partial charge >= 0.3 is 6.16 Å². The molecule has 0 aliphatic carbocycles. The molecule has 6 heteroatoms. The van der Waals surface area contributed by atoms with Crippen molar-refractivity contribution in [1.82, 2.24) is 0 Å². The third kappa shape index (κ3) is 14.3. The zero-order chi connectivity index (χ0) is 20.6. The van der Waals surface area contributed by atoms with Crippen molar-refractivity contribution in [1.29, 1.82) is 0 Å². The van der Waals surface area contributed by atoms with Gasteiger partial charge in [-0.1, -0.05) is 0 Å². The molecule has 0 radical (unpaired) electrons. The molecule has 0 saturated heterocycles. The fourth-order valence-corrected chi connectivity index (χ4v) is 2.54. The average molecular weight is 376 g/mol. The summed E-state index contributed by atoms with van der Waals surface area (Å²) >= 11 is 0. The molecule has 0 heterocycles. The normalized spacial score (nSPS) is 14.4. The fraction of sp³-hybridized carbons (Fsp3) is 0.950. The topological polar surface area (TPSA) is 80.0 Å². The molecule has 0 aliphatic heterocycles. The molecular weight excluding hydrogens is 334 g/mol. The van der Waals surface area contributed by atoms with E-state index in [1.54, 1.807) is 0 Å². The Labute approximate surface area is 160 Å². The van der Waals surface area contributed by atoms with Gasteiger partial charge in [0.15, 0.2) is 0 Å². The first-order valence-electron chi connectivity index (χ1n) is 9.56. The van der Waals surface area contributed by atoms with E-state index in [2.05, 4.69) is 6.92 Å². The number of rotatable bonds is 12. The van der Waals surface area contributed by atoms with Crippen molar-refractivity contribution in [3.63, 3.8) is 0 Å². The lowest BCUT2D eigenvalue weighted by atomic mass is 10.0. The Morgan fingerprint density at radius 2 is 1.50 bits per heavy atom. The third-order valence-corrected chi connectivity index (χ3v) is 3.81. The van der Waals surface area contributed by atoms with Crippen molar-refractivity contribution < 1.29 is 23.7 Å². The molecule has 26 heavy (non-hydrogen) atoms. The highest BCUT2D eigenvalue weighted by Crippen LogP contribution is 2.22. The van der Waals surface area contributed by atoms with Crippen LogP contribution in [0.2, 0.25) is 0 Å². The van der Waals surface area contributed by atoms with Gasteiger partial charge in [-0.25, -0.2) is 4.79 Å². The first-order chi connectivity index (χ1) is 11.6. The van der Waals surface area contributed by atoms with Crippen LogP contribution < -0.4 is 5.73 Å². The predicted molar refractivity (Wildman–Crippen MR) is 104 cm³/mol. The van der Waals surface area contributed by atoms with E-state index in [9.17, 15) is 4.79 Å². The minimum atomic E-state index is -0.669. The van der Waals surface area contributed by atoms with Gasteiger partial charge in [0, 0.05) is 18.4 Å². The molecule has 0 fully saturated rings. The van der Waals surface area contributed by atoms with Crippen molar-refractivity contribution in [2.75, 3.05) is 13.2 Å². The Bertz CT molecular complexity index is 413. The molecule has 2 N–H and O–H groups in total. The second-order valence-electron chi connectivity index (χ2n) is 9.26. The zero-order valence-electron chi connectivity index (χ0n) is 18.3. The lowest BCUT2D eigenvalue weighted by Gasteiger charge is -2.31. The van der Waals surface area contributed by atoms with Crippen LogP contribution in [0.5, 0.6) is 0 Å². The van der Waals surface area contributed by atoms with Crippen LogP contribution in [0.15, 0.2) is 0 Å². The van der Waals surface area contributed by atoms with Crippen molar-refractivity contribution in [3.8, 4) is 0 Å². The standard InChI is InChI=1S/C20H41NO5/c1-15(2)25-16(3)14-20(8,9)24-13-11-19(6,7)26-17(22)23-12-10-18(4,5)21/h15-16H,10-14,21H2,1-9H3. The van der Waals surface area contributed by atoms with Crippen molar-refractivity contribution in [2.24, 2.45) is 5.73 Å². The highest BCUT2D eigenvalue weighted by molar-refractivity contribution is 5.60. The summed E-state index contributed by atoms with van der Waals surface area (Å²) in [5.41, 5.74) is 4.52. The van der Waals surface area contributed by atoms with Crippen LogP contribution in [-0.2, 0) is 18.9 Å². The molecule has 1 atom stereocenters. The van der Waals surface area contributed by atoms with Crippen LogP contribution in [0.25, 0.3) is 0 Å². The lowest BCUT2D eigenvalue weighted by molar-refractivity contribution is -0.0896. The van der Waals surface area contributed by atoms with Crippen LogP contribution in [-0.4, -0.2) is 48.3 Å². The van der Waals surface area contributed by atoms with E-state index in [-0.39, 0.29) is 30.0 Å². The Morgan fingerprint density at radius 1 is 0.923 bits per heavy atom. The minimum Gasteiger partial charge on any atom is -0.434 e. The van der Waals surface area contributed by atoms with Crippen LogP contribution in [0.1, 0.15) is 81.6 Å². The smallest absolute Gasteiger partial charge is 0.434 e. The minimum absolute atomic E-state index is 0.121. The molecule has 0 spiro atoms. The Morgan fingerprint density at radius 3 is 2.00 bits per heavy atom. The zero-order valence-corrected chi connectivity index (χ0v) is 18.3. The van der Waals surface area contributed by atoms with Gasteiger partial charge in [0.05, 0.1) is 31.0 Å². The number of nitrogens with two attached hydrogens (primary N) is 1.